The molecule has 1 saturated carbocycles. The number of aromatic amines is 1. The monoisotopic (exact) mass is 515 g/mol. The van der Waals surface area contributed by atoms with Crippen molar-refractivity contribution in [1.29, 1.82) is 0 Å². The van der Waals surface area contributed by atoms with Crippen molar-refractivity contribution in [2.75, 3.05) is 13.2 Å². The first-order chi connectivity index (χ1) is 17.5. The van der Waals surface area contributed by atoms with E-state index < -0.39 is 11.7 Å². The Hall–Kier alpha value is -3.63. The van der Waals surface area contributed by atoms with E-state index in [0.717, 1.165) is 25.0 Å². The minimum Gasteiger partial charge on any atom is -0.493 e. The third kappa shape index (κ3) is 4.99. The second-order valence-corrected chi connectivity index (χ2v) is 9.96. The Kier molecular flexibility index (Phi) is 6.33. The van der Waals surface area contributed by atoms with Gasteiger partial charge in [-0.2, -0.15) is 13.2 Å². The fourth-order valence-electron chi connectivity index (χ4n) is 4.94. The van der Waals surface area contributed by atoms with Crippen molar-refractivity contribution < 1.29 is 27.5 Å². The highest BCUT2D eigenvalue weighted by Crippen LogP contribution is 2.40. The van der Waals surface area contributed by atoms with Crippen molar-refractivity contribution in [2.45, 2.75) is 58.3 Å². The molecule has 3 aromatic rings. The molecule has 2 atom stereocenters. The van der Waals surface area contributed by atoms with E-state index in [4.69, 9.17) is 4.74 Å². The van der Waals surface area contributed by atoms with Crippen molar-refractivity contribution in [3.8, 4) is 17.0 Å². The molecule has 11 heteroatoms. The van der Waals surface area contributed by atoms with Gasteiger partial charge >= 0.3 is 6.18 Å². The molecule has 8 nitrogen and oxygen atoms in total. The van der Waals surface area contributed by atoms with Crippen LogP contribution in [0.25, 0.3) is 22.3 Å². The van der Waals surface area contributed by atoms with Crippen LogP contribution in [0.2, 0.25) is 0 Å². The number of ether oxygens (including phenoxy) is 1. The summed E-state index contributed by atoms with van der Waals surface area (Å²) in [5.74, 6) is 0.277. The van der Waals surface area contributed by atoms with Gasteiger partial charge in [0, 0.05) is 36.8 Å². The average Bonchev–Trinajstić information content (AvgIpc) is 3.49. The van der Waals surface area contributed by atoms with Crippen LogP contribution in [0.3, 0.4) is 0 Å². The van der Waals surface area contributed by atoms with E-state index in [-0.39, 0.29) is 35.2 Å². The Morgan fingerprint density at radius 3 is 2.65 bits per heavy atom. The lowest BCUT2D eigenvalue weighted by atomic mass is 10.0. The second kappa shape index (κ2) is 9.35. The molecule has 5 rings (SSSR count). The standard InChI is InChI=1S/C26H28F3N5O3/c1-13-8-18(10-34(13)15(3)35)33-25(36)21-14(2)32-24-22(30-12-31-23(21)24)19-9-17(26(27,28)29)6-7-20(19)37-11-16-4-5-16/h6-7,9,12-13,16,18,32H,4-5,8,10-11H2,1-3H3,(H,33,36)/t13-,18-/m0/s1. The molecule has 2 amide bonds. The number of alkyl halides is 3. The molecule has 2 aliphatic rings. The fraction of sp³-hybridized carbons (Fsp3) is 0.462. The zero-order valence-corrected chi connectivity index (χ0v) is 20.8. The van der Waals surface area contributed by atoms with Gasteiger partial charge in [-0.1, -0.05) is 0 Å². The normalized spacial score (nSPS) is 19.9. The summed E-state index contributed by atoms with van der Waals surface area (Å²) in [4.78, 5) is 38.5. The summed E-state index contributed by atoms with van der Waals surface area (Å²) < 4.78 is 46.6. The molecular formula is C26H28F3N5O3. The lowest BCUT2D eigenvalue weighted by Crippen LogP contribution is -2.38. The first kappa shape index (κ1) is 25.0. The number of rotatable bonds is 6. The van der Waals surface area contributed by atoms with E-state index in [0.29, 0.717) is 53.5 Å². The number of nitrogens with one attached hydrogen (secondary N) is 2. The highest BCUT2D eigenvalue weighted by Gasteiger charge is 2.34. The van der Waals surface area contributed by atoms with Crippen molar-refractivity contribution >= 4 is 22.8 Å². The third-order valence-corrected chi connectivity index (χ3v) is 7.05. The van der Waals surface area contributed by atoms with Crippen molar-refractivity contribution in [1.82, 2.24) is 25.2 Å². The second-order valence-electron chi connectivity index (χ2n) is 9.96. The van der Waals surface area contributed by atoms with Gasteiger partial charge in [0.25, 0.3) is 5.91 Å². The summed E-state index contributed by atoms with van der Waals surface area (Å²) in [7, 11) is 0. The van der Waals surface area contributed by atoms with Gasteiger partial charge < -0.3 is 19.9 Å². The van der Waals surface area contributed by atoms with Gasteiger partial charge in [0.1, 0.15) is 23.3 Å². The van der Waals surface area contributed by atoms with E-state index in [1.54, 1.807) is 11.8 Å². The van der Waals surface area contributed by atoms with E-state index in [2.05, 4.69) is 20.3 Å². The number of benzene rings is 1. The largest absolute Gasteiger partial charge is 0.493 e. The topological polar surface area (TPSA) is 100 Å². The fourth-order valence-corrected chi connectivity index (χ4v) is 4.94. The van der Waals surface area contributed by atoms with Crippen LogP contribution in [0.5, 0.6) is 5.75 Å². The quantitative estimate of drug-likeness (QED) is 0.504. The average molecular weight is 516 g/mol. The molecule has 1 aliphatic heterocycles. The number of aromatic nitrogens is 3. The highest BCUT2D eigenvalue weighted by molar-refractivity contribution is 6.09. The zero-order valence-electron chi connectivity index (χ0n) is 20.8. The number of H-pyrrole nitrogens is 1. The molecule has 0 bridgehead atoms. The third-order valence-electron chi connectivity index (χ3n) is 7.05. The summed E-state index contributed by atoms with van der Waals surface area (Å²) in [6.45, 7) is 5.97. The van der Waals surface area contributed by atoms with Gasteiger partial charge in [0.15, 0.2) is 0 Å². The van der Waals surface area contributed by atoms with Gasteiger partial charge in [-0.3, -0.25) is 9.59 Å². The Morgan fingerprint density at radius 2 is 2.00 bits per heavy atom. The van der Waals surface area contributed by atoms with Crippen LogP contribution in [-0.4, -0.2) is 56.9 Å². The van der Waals surface area contributed by atoms with Gasteiger partial charge in [-0.25, -0.2) is 9.97 Å². The lowest BCUT2D eigenvalue weighted by Gasteiger charge is -2.18. The number of hydrogen-bond acceptors (Lipinski definition) is 5. The molecule has 2 aromatic heterocycles. The number of carbonyl (C=O) groups excluding carboxylic acids is 2. The first-order valence-corrected chi connectivity index (χ1v) is 12.3. The van der Waals surface area contributed by atoms with Crippen LogP contribution >= 0.6 is 0 Å². The SMILES string of the molecule is CC(=O)N1C[C@@H](NC(=O)c2c(C)[nH]c3c(-c4cc(C(F)(F)F)ccc4OCC4CC4)ncnc23)C[C@@H]1C. The first-order valence-electron chi connectivity index (χ1n) is 12.3. The number of carbonyl (C=O) groups is 2. The molecule has 3 heterocycles. The molecule has 37 heavy (non-hydrogen) atoms. The number of amides is 2. The lowest BCUT2D eigenvalue weighted by molar-refractivity contribution is -0.137. The van der Waals surface area contributed by atoms with Gasteiger partial charge in [0.2, 0.25) is 5.91 Å². The Labute approximate surface area is 211 Å². The van der Waals surface area contributed by atoms with E-state index in [9.17, 15) is 22.8 Å². The summed E-state index contributed by atoms with van der Waals surface area (Å²) in [5.41, 5.74) is 1.04. The smallest absolute Gasteiger partial charge is 0.416 e. The number of aryl methyl sites for hydroxylation is 1. The predicted octanol–water partition coefficient (Wildman–Crippen LogP) is 4.48. The number of nitrogens with zero attached hydrogens (tertiary/aromatic N) is 3. The molecule has 1 aromatic carbocycles. The zero-order chi connectivity index (χ0) is 26.5. The minimum atomic E-state index is -4.54. The van der Waals surface area contributed by atoms with Gasteiger partial charge in [-0.05, 0) is 57.2 Å². The Morgan fingerprint density at radius 1 is 1.24 bits per heavy atom. The number of hydrogen-bond donors (Lipinski definition) is 2. The van der Waals surface area contributed by atoms with Crippen molar-refractivity contribution in [3.05, 3.63) is 41.3 Å². The highest BCUT2D eigenvalue weighted by atomic mass is 19.4. The van der Waals surface area contributed by atoms with Crippen LogP contribution in [0.15, 0.2) is 24.5 Å². The molecular weight excluding hydrogens is 487 g/mol. The van der Waals surface area contributed by atoms with Crippen LogP contribution in [0.1, 0.15) is 54.7 Å². The molecule has 0 radical (unpaired) electrons. The number of halogens is 3. The van der Waals surface area contributed by atoms with Crippen molar-refractivity contribution in [2.24, 2.45) is 5.92 Å². The molecule has 196 valence electrons. The Balaban J connectivity index is 1.51. The summed E-state index contributed by atoms with van der Waals surface area (Å²) in [6.07, 6.45) is -0.614. The molecule has 0 unspecified atom stereocenters. The Bertz CT molecular complexity index is 1370. The molecule has 0 spiro atoms. The van der Waals surface area contributed by atoms with Gasteiger partial charge in [-0.15, -0.1) is 0 Å². The molecule has 1 aliphatic carbocycles. The van der Waals surface area contributed by atoms with Crippen molar-refractivity contribution in [3.63, 3.8) is 0 Å². The molecule has 2 fully saturated rings. The maximum Gasteiger partial charge on any atom is 0.416 e. The van der Waals surface area contributed by atoms with Crippen LogP contribution in [0, 0.1) is 12.8 Å². The molecule has 2 N–H and O–H groups in total. The van der Waals surface area contributed by atoms with E-state index in [1.165, 1.54) is 19.3 Å². The maximum absolute atomic E-state index is 13.6. The summed E-state index contributed by atoms with van der Waals surface area (Å²) in [6, 6.07) is 3.13. The maximum atomic E-state index is 13.6. The number of likely N-dealkylation sites (tertiary alicyclic amines) is 1. The molecule has 1 saturated heterocycles. The predicted molar refractivity (Wildman–Crippen MR) is 130 cm³/mol. The van der Waals surface area contributed by atoms with Crippen LogP contribution in [0.4, 0.5) is 13.2 Å². The van der Waals surface area contributed by atoms with Gasteiger partial charge in [0.05, 0.1) is 23.3 Å². The van der Waals surface area contributed by atoms with Crippen LogP contribution < -0.4 is 10.1 Å². The summed E-state index contributed by atoms with van der Waals surface area (Å²) in [5, 5.41) is 2.98. The van der Waals surface area contributed by atoms with Crippen LogP contribution in [-0.2, 0) is 11.0 Å². The van der Waals surface area contributed by atoms with E-state index in [1.807, 2.05) is 6.92 Å². The van der Waals surface area contributed by atoms with E-state index >= 15 is 0 Å². The summed E-state index contributed by atoms with van der Waals surface area (Å²) >= 11 is 0. The number of fused-ring (bicyclic) bond motifs is 1. The minimum absolute atomic E-state index is 0.00997.